The van der Waals surface area contributed by atoms with Gasteiger partial charge < -0.3 is 89.9 Å². The van der Waals surface area contributed by atoms with Crippen molar-refractivity contribution in [3.8, 4) is 0 Å². The number of amides is 1. The van der Waals surface area contributed by atoms with Crippen molar-refractivity contribution in [1.82, 2.24) is 5.32 Å². The third-order valence-electron chi connectivity index (χ3n) is 18.2. The largest absolute Gasteiger partial charge is 0.394 e. The summed E-state index contributed by atoms with van der Waals surface area (Å²) >= 11 is 0. The second kappa shape index (κ2) is 56.7. The highest BCUT2D eigenvalue weighted by molar-refractivity contribution is 5.76. The number of aliphatic hydroxyl groups is 11. The van der Waals surface area contributed by atoms with E-state index in [0.29, 0.717) is 6.42 Å². The molecule has 1 amide bonds. The number of aliphatic hydroxyl groups excluding tert-OH is 11. The van der Waals surface area contributed by atoms with Gasteiger partial charge in [0.1, 0.15) is 73.2 Å². The standard InChI is InChI=1S/C76H133NO18/c1-3-5-7-9-11-13-15-17-19-21-23-25-27-28-29-30-32-34-36-38-40-42-44-46-48-50-52-54-64(82)77-59(60(81)53-51-49-47-45-43-41-39-37-35-33-31-26-24-22-20-18-16-14-12-10-8-6-4-2)58-90-74-70(88)67(85)72(62(56-79)92-74)95-76-71(89)68(86)73(63(57-80)93-76)94-75-69(87)66(84)65(83)61(55-78)91-75/h5,7,11,13,17,19,23,25,28-29,32,34,51,53,59-63,65-76,78-81,83-89H,3-4,6,8-10,12,14-16,18,20-22,24,26-27,30-31,33,35-50,52,54-58H2,1-2H3,(H,77,82)/b7-5-,13-11-,19-17-,25-23-,29-28-,34-32-,53-51+. The Hall–Kier alpha value is -3.03. The third kappa shape index (κ3) is 37.8. The van der Waals surface area contributed by atoms with E-state index in [1.165, 1.54) is 128 Å². The molecule has 0 saturated carbocycles. The molecule has 0 aliphatic carbocycles. The Morgan fingerprint density at radius 3 is 1.14 bits per heavy atom. The smallest absolute Gasteiger partial charge is 0.220 e. The zero-order valence-electron chi connectivity index (χ0n) is 58.4. The zero-order chi connectivity index (χ0) is 68.9. The number of ether oxygens (including phenoxy) is 6. The molecule has 19 heteroatoms. The van der Waals surface area contributed by atoms with Crippen molar-refractivity contribution >= 4 is 5.91 Å². The van der Waals surface area contributed by atoms with Crippen LogP contribution >= 0.6 is 0 Å². The van der Waals surface area contributed by atoms with Gasteiger partial charge in [-0.1, -0.05) is 266 Å². The van der Waals surface area contributed by atoms with Crippen LogP contribution in [-0.4, -0.2) is 193 Å². The van der Waals surface area contributed by atoms with Crippen LogP contribution in [-0.2, 0) is 33.2 Å². The van der Waals surface area contributed by atoms with E-state index < -0.39 is 124 Å². The number of hydrogen-bond acceptors (Lipinski definition) is 18. The topological polar surface area (TPSA) is 307 Å². The van der Waals surface area contributed by atoms with Gasteiger partial charge in [-0.2, -0.15) is 0 Å². The number of carbonyl (C=O) groups excluding carboxylic acids is 1. The minimum absolute atomic E-state index is 0.229. The minimum atomic E-state index is -1.98. The molecule has 3 rings (SSSR count). The fourth-order valence-corrected chi connectivity index (χ4v) is 12.2. The number of unbranched alkanes of at least 4 members (excludes halogenated alkanes) is 29. The molecule has 17 unspecified atom stereocenters. The fourth-order valence-electron chi connectivity index (χ4n) is 12.2. The molecule has 3 aliphatic rings. The van der Waals surface area contributed by atoms with Crippen LogP contribution in [0.15, 0.2) is 85.1 Å². The van der Waals surface area contributed by atoms with E-state index in [2.05, 4.69) is 92.1 Å². The van der Waals surface area contributed by atoms with Crippen molar-refractivity contribution in [1.29, 1.82) is 0 Å². The van der Waals surface area contributed by atoms with E-state index in [-0.39, 0.29) is 18.9 Å². The summed E-state index contributed by atoms with van der Waals surface area (Å²) in [5.41, 5.74) is 0. The minimum Gasteiger partial charge on any atom is -0.394 e. The van der Waals surface area contributed by atoms with Crippen molar-refractivity contribution in [2.45, 2.75) is 362 Å². The monoisotopic (exact) mass is 1350 g/mol. The van der Waals surface area contributed by atoms with E-state index in [1.54, 1.807) is 6.08 Å². The van der Waals surface area contributed by atoms with Gasteiger partial charge in [0.2, 0.25) is 5.91 Å². The number of rotatable bonds is 57. The average molecular weight is 1350 g/mol. The summed E-state index contributed by atoms with van der Waals surface area (Å²) in [5.74, 6) is -0.285. The van der Waals surface area contributed by atoms with Crippen LogP contribution in [0.4, 0.5) is 0 Å². The maximum atomic E-state index is 13.4. The Morgan fingerprint density at radius 1 is 0.389 bits per heavy atom. The highest BCUT2D eigenvalue weighted by Gasteiger charge is 2.53. The van der Waals surface area contributed by atoms with Gasteiger partial charge in [0.05, 0.1) is 38.6 Å². The normalized spacial score (nSPS) is 27.7. The molecule has 0 aromatic heterocycles. The molecule has 17 atom stereocenters. The van der Waals surface area contributed by atoms with Crippen molar-refractivity contribution in [2.24, 2.45) is 0 Å². The lowest BCUT2D eigenvalue weighted by atomic mass is 9.96. The molecule has 0 bridgehead atoms. The second-order valence-electron chi connectivity index (χ2n) is 26.4. The first-order chi connectivity index (χ1) is 46.3. The molecule has 3 saturated heterocycles. The van der Waals surface area contributed by atoms with Crippen LogP contribution in [0, 0.1) is 0 Å². The van der Waals surface area contributed by atoms with Gasteiger partial charge in [0.25, 0.3) is 0 Å². The molecule has 550 valence electrons. The first kappa shape index (κ1) is 86.2. The molecule has 0 spiro atoms. The summed E-state index contributed by atoms with van der Waals surface area (Å²) in [7, 11) is 0. The summed E-state index contributed by atoms with van der Waals surface area (Å²) in [6.07, 6.45) is 46.9. The Labute approximate surface area is 571 Å². The quantitative estimate of drug-likeness (QED) is 0.0199. The Balaban J connectivity index is 1.42. The second-order valence-corrected chi connectivity index (χ2v) is 26.4. The molecular formula is C76H133NO18. The van der Waals surface area contributed by atoms with Crippen LogP contribution in [0.1, 0.15) is 258 Å². The first-order valence-electron chi connectivity index (χ1n) is 37.3. The van der Waals surface area contributed by atoms with Crippen LogP contribution < -0.4 is 5.32 Å². The third-order valence-corrected chi connectivity index (χ3v) is 18.2. The Morgan fingerprint density at radius 2 is 0.726 bits per heavy atom. The molecule has 3 fully saturated rings. The molecule has 95 heavy (non-hydrogen) atoms. The van der Waals surface area contributed by atoms with Crippen LogP contribution in [0.3, 0.4) is 0 Å². The Kier molecular flexibility index (Phi) is 51.4. The molecule has 3 heterocycles. The lowest BCUT2D eigenvalue weighted by Gasteiger charge is -2.48. The summed E-state index contributed by atoms with van der Waals surface area (Å²) < 4.78 is 34.4. The molecule has 19 nitrogen and oxygen atoms in total. The lowest BCUT2D eigenvalue weighted by Crippen LogP contribution is -2.66. The zero-order valence-corrected chi connectivity index (χ0v) is 58.4. The molecule has 0 aromatic carbocycles. The number of allylic oxidation sites excluding steroid dienone is 13. The lowest BCUT2D eigenvalue weighted by molar-refractivity contribution is -0.379. The summed E-state index contributed by atoms with van der Waals surface area (Å²) in [6, 6.07) is -0.985. The fraction of sp³-hybridized carbons (Fsp3) is 0.803. The van der Waals surface area contributed by atoms with Crippen molar-refractivity contribution in [2.75, 3.05) is 26.4 Å². The van der Waals surface area contributed by atoms with E-state index in [0.717, 1.165) is 103 Å². The van der Waals surface area contributed by atoms with Crippen molar-refractivity contribution < 1.29 is 89.4 Å². The molecular weight excluding hydrogens is 1210 g/mol. The summed E-state index contributed by atoms with van der Waals surface area (Å²) in [4.78, 5) is 13.4. The van der Waals surface area contributed by atoms with E-state index in [9.17, 15) is 61.0 Å². The molecule has 3 aliphatic heterocycles. The predicted molar refractivity (Wildman–Crippen MR) is 374 cm³/mol. The van der Waals surface area contributed by atoms with Gasteiger partial charge in [-0.15, -0.1) is 0 Å². The number of hydrogen-bond donors (Lipinski definition) is 12. The van der Waals surface area contributed by atoms with Crippen LogP contribution in [0.2, 0.25) is 0 Å². The Bertz CT molecular complexity index is 2050. The van der Waals surface area contributed by atoms with Crippen molar-refractivity contribution in [3.05, 3.63) is 85.1 Å². The van der Waals surface area contributed by atoms with E-state index in [4.69, 9.17) is 28.4 Å². The van der Waals surface area contributed by atoms with E-state index >= 15 is 0 Å². The van der Waals surface area contributed by atoms with Gasteiger partial charge in [0, 0.05) is 6.42 Å². The van der Waals surface area contributed by atoms with Crippen molar-refractivity contribution in [3.63, 3.8) is 0 Å². The van der Waals surface area contributed by atoms with Crippen LogP contribution in [0.5, 0.6) is 0 Å². The average Bonchev–Trinajstić information content (AvgIpc) is 0.787. The maximum Gasteiger partial charge on any atom is 0.220 e. The highest BCUT2D eigenvalue weighted by atomic mass is 16.8. The van der Waals surface area contributed by atoms with Gasteiger partial charge in [-0.05, 0) is 70.6 Å². The van der Waals surface area contributed by atoms with Crippen LogP contribution in [0.25, 0.3) is 0 Å². The summed E-state index contributed by atoms with van der Waals surface area (Å²) in [6.45, 7) is 1.63. The van der Waals surface area contributed by atoms with E-state index in [1.807, 2.05) is 6.08 Å². The highest BCUT2D eigenvalue weighted by Crippen LogP contribution is 2.33. The predicted octanol–water partition coefficient (Wildman–Crippen LogP) is 11.1. The van der Waals surface area contributed by atoms with Gasteiger partial charge in [-0.3, -0.25) is 4.79 Å². The first-order valence-corrected chi connectivity index (χ1v) is 37.3. The number of carbonyl (C=O) groups is 1. The molecule has 0 radical (unpaired) electrons. The SMILES string of the molecule is CC/C=C\C/C=C\C/C=C\C/C=C\C/C=C\C/C=C\CCCCCCCCCCC(=O)NC(COC1OC(CO)C(OC2OC(CO)C(OC3OC(CO)C(O)C(O)C3O)C(O)C2O)C(O)C1O)C(O)/C=C/CCCCCCCCCCCCCCCCCCCCCCC. The van der Waals surface area contributed by atoms with Gasteiger partial charge in [0.15, 0.2) is 18.9 Å². The molecule has 12 N–H and O–H groups in total. The summed E-state index contributed by atoms with van der Waals surface area (Å²) in [5, 5.41) is 121. The maximum absolute atomic E-state index is 13.4. The van der Waals surface area contributed by atoms with Gasteiger partial charge in [-0.25, -0.2) is 0 Å². The number of nitrogens with one attached hydrogen (secondary N) is 1. The van der Waals surface area contributed by atoms with Gasteiger partial charge >= 0.3 is 0 Å². The molecule has 0 aromatic rings.